The SMILES string of the molecule is CCNC(=NCCOc1cccc(C)c1)NC1CCC(O)CC1. The summed E-state index contributed by atoms with van der Waals surface area (Å²) in [5.41, 5.74) is 1.19. The first-order valence-electron chi connectivity index (χ1n) is 8.59. The van der Waals surface area contributed by atoms with Gasteiger partial charge in [-0.2, -0.15) is 0 Å². The second-order valence-electron chi connectivity index (χ2n) is 6.08. The van der Waals surface area contributed by atoms with Crippen molar-refractivity contribution in [1.29, 1.82) is 0 Å². The number of aryl methyl sites for hydroxylation is 1. The van der Waals surface area contributed by atoms with E-state index in [9.17, 15) is 5.11 Å². The maximum atomic E-state index is 9.58. The van der Waals surface area contributed by atoms with Gasteiger partial charge >= 0.3 is 0 Å². The van der Waals surface area contributed by atoms with E-state index in [0.717, 1.165) is 43.9 Å². The summed E-state index contributed by atoms with van der Waals surface area (Å²) in [5, 5.41) is 16.3. The molecule has 1 saturated carbocycles. The first kappa shape index (κ1) is 17.6. The third-order valence-electron chi connectivity index (χ3n) is 4.00. The fourth-order valence-corrected chi connectivity index (χ4v) is 2.76. The first-order chi connectivity index (χ1) is 11.2. The van der Waals surface area contributed by atoms with Crippen LogP contribution in [0.4, 0.5) is 0 Å². The maximum absolute atomic E-state index is 9.58. The van der Waals surface area contributed by atoms with E-state index in [-0.39, 0.29) is 6.10 Å². The van der Waals surface area contributed by atoms with Gasteiger partial charge in [0, 0.05) is 12.6 Å². The Hall–Kier alpha value is -1.75. The Morgan fingerprint density at radius 3 is 2.78 bits per heavy atom. The largest absolute Gasteiger partial charge is 0.492 e. The molecule has 1 aromatic rings. The molecule has 128 valence electrons. The van der Waals surface area contributed by atoms with Gasteiger partial charge in [-0.1, -0.05) is 12.1 Å². The van der Waals surface area contributed by atoms with Crippen LogP contribution >= 0.6 is 0 Å². The van der Waals surface area contributed by atoms with Gasteiger partial charge < -0.3 is 20.5 Å². The minimum absolute atomic E-state index is 0.129. The molecular weight excluding hydrogens is 290 g/mol. The highest BCUT2D eigenvalue weighted by molar-refractivity contribution is 5.80. The smallest absolute Gasteiger partial charge is 0.191 e. The molecule has 3 N–H and O–H groups in total. The highest BCUT2D eigenvalue weighted by Crippen LogP contribution is 2.18. The number of ether oxygens (including phenoxy) is 1. The molecule has 0 heterocycles. The van der Waals surface area contributed by atoms with Crippen LogP contribution in [0.25, 0.3) is 0 Å². The van der Waals surface area contributed by atoms with Crippen LogP contribution in [0.15, 0.2) is 29.3 Å². The quantitative estimate of drug-likeness (QED) is 0.427. The number of nitrogens with one attached hydrogen (secondary N) is 2. The molecule has 0 spiro atoms. The lowest BCUT2D eigenvalue weighted by Crippen LogP contribution is -2.45. The van der Waals surface area contributed by atoms with Crippen LogP contribution in [-0.2, 0) is 0 Å². The van der Waals surface area contributed by atoms with Crippen LogP contribution in [0.1, 0.15) is 38.2 Å². The fourth-order valence-electron chi connectivity index (χ4n) is 2.76. The zero-order valence-corrected chi connectivity index (χ0v) is 14.2. The summed E-state index contributed by atoms with van der Waals surface area (Å²) in [6, 6.07) is 8.44. The lowest BCUT2D eigenvalue weighted by molar-refractivity contribution is 0.120. The molecule has 0 saturated heterocycles. The summed E-state index contributed by atoms with van der Waals surface area (Å²) in [6.07, 6.45) is 3.59. The molecular formula is C18H29N3O2. The Bertz CT molecular complexity index is 497. The van der Waals surface area contributed by atoms with Gasteiger partial charge in [-0.15, -0.1) is 0 Å². The highest BCUT2D eigenvalue weighted by Gasteiger charge is 2.19. The zero-order chi connectivity index (χ0) is 16.5. The molecule has 0 aromatic heterocycles. The average molecular weight is 319 g/mol. The molecule has 5 nitrogen and oxygen atoms in total. The fraction of sp³-hybridized carbons (Fsp3) is 0.611. The van der Waals surface area contributed by atoms with E-state index in [4.69, 9.17) is 4.74 Å². The molecule has 0 unspecified atom stereocenters. The Kier molecular flexibility index (Phi) is 7.20. The van der Waals surface area contributed by atoms with Gasteiger partial charge in [0.2, 0.25) is 0 Å². The Labute approximate surface area is 139 Å². The standard InChI is InChI=1S/C18H29N3O2/c1-3-19-18(21-15-7-9-16(22)10-8-15)20-11-12-23-17-6-4-5-14(2)13-17/h4-6,13,15-16,22H,3,7-12H2,1-2H3,(H2,19,20,21). The molecule has 0 atom stereocenters. The topological polar surface area (TPSA) is 65.9 Å². The lowest BCUT2D eigenvalue weighted by atomic mass is 9.93. The zero-order valence-electron chi connectivity index (χ0n) is 14.2. The summed E-state index contributed by atoms with van der Waals surface area (Å²) in [7, 11) is 0. The molecule has 1 aromatic carbocycles. The van der Waals surface area contributed by atoms with Gasteiger partial charge in [0.05, 0.1) is 12.6 Å². The van der Waals surface area contributed by atoms with Gasteiger partial charge in [-0.3, -0.25) is 0 Å². The summed E-state index contributed by atoms with van der Waals surface area (Å²) >= 11 is 0. The normalized spacial score (nSPS) is 21.8. The van der Waals surface area contributed by atoms with E-state index < -0.39 is 0 Å². The Balaban J connectivity index is 1.76. The summed E-state index contributed by atoms with van der Waals surface area (Å²) < 4.78 is 5.72. The van der Waals surface area contributed by atoms with E-state index in [1.807, 2.05) is 18.2 Å². The van der Waals surface area contributed by atoms with Crippen molar-refractivity contribution in [2.24, 2.45) is 4.99 Å². The van der Waals surface area contributed by atoms with Crippen LogP contribution in [0.3, 0.4) is 0 Å². The van der Waals surface area contributed by atoms with Crippen molar-refractivity contribution in [3.05, 3.63) is 29.8 Å². The third-order valence-corrected chi connectivity index (χ3v) is 4.00. The van der Waals surface area contributed by atoms with Gasteiger partial charge in [-0.05, 0) is 57.2 Å². The van der Waals surface area contributed by atoms with Gasteiger partial charge in [0.25, 0.3) is 0 Å². The predicted octanol–water partition coefficient (Wildman–Crippen LogP) is 2.23. The second-order valence-corrected chi connectivity index (χ2v) is 6.08. The highest BCUT2D eigenvalue weighted by atomic mass is 16.5. The average Bonchev–Trinajstić information content (AvgIpc) is 2.54. The lowest BCUT2D eigenvalue weighted by Gasteiger charge is -2.27. The minimum atomic E-state index is -0.129. The van der Waals surface area contributed by atoms with Crippen LogP contribution in [0, 0.1) is 6.92 Å². The van der Waals surface area contributed by atoms with E-state index in [1.165, 1.54) is 5.56 Å². The van der Waals surface area contributed by atoms with Crippen LogP contribution in [0.5, 0.6) is 5.75 Å². The van der Waals surface area contributed by atoms with Gasteiger partial charge in [0.15, 0.2) is 5.96 Å². The van der Waals surface area contributed by atoms with Crippen molar-refractivity contribution < 1.29 is 9.84 Å². The van der Waals surface area contributed by atoms with Crippen molar-refractivity contribution >= 4 is 5.96 Å². The first-order valence-corrected chi connectivity index (χ1v) is 8.59. The van der Waals surface area contributed by atoms with Gasteiger partial charge in [0.1, 0.15) is 12.4 Å². The number of aliphatic hydroxyl groups excluding tert-OH is 1. The molecule has 1 aliphatic rings. The summed E-state index contributed by atoms with van der Waals surface area (Å²) in [6.45, 7) is 6.12. The van der Waals surface area contributed by atoms with Crippen molar-refractivity contribution in [3.63, 3.8) is 0 Å². The number of guanidine groups is 1. The van der Waals surface area contributed by atoms with Crippen molar-refractivity contribution in [3.8, 4) is 5.75 Å². The van der Waals surface area contributed by atoms with E-state index >= 15 is 0 Å². The van der Waals surface area contributed by atoms with E-state index in [1.54, 1.807) is 0 Å². The predicted molar refractivity (Wildman–Crippen MR) is 94.1 cm³/mol. The number of nitrogens with zero attached hydrogens (tertiary/aromatic N) is 1. The van der Waals surface area contributed by atoms with Crippen LogP contribution in [-0.4, -0.2) is 42.9 Å². The second kappa shape index (κ2) is 9.40. The third kappa shape index (κ3) is 6.48. The number of benzene rings is 1. The molecule has 23 heavy (non-hydrogen) atoms. The number of aliphatic imine (C=N–C) groups is 1. The molecule has 0 amide bonds. The molecule has 0 bridgehead atoms. The maximum Gasteiger partial charge on any atom is 0.191 e. The molecule has 2 rings (SSSR count). The Morgan fingerprint density at radius 2 is 2.09 bits per heavy atom. The monoisotopic (exact) mass is 319 g/mol. The Morgan fingerprint density at radius 1 is 1.30 bits per heavy atom. The van der Waals surface area contributed by atoms with Crippen molar-refractivity contribution in [1.82, 2.24) is 10.6 Å². The summed E-state index contributed by atoms with van der Waals surface area (Å²) in [5.74, 6) is 1.72. The molecule has 0 radical (unpaired) electrons. The number of aliphatic hydroxyl groups is 1. The van der Waals surface area contributed by atoms with E-state index in [2.05, 4.69) is 35.5 Å². The molecule has 1 fully saturated rings. The number of hydrogen-bond donors (Lipinski definition) is 3. The van der Waals surface area contributed by atoms with Crippen LogP contribution < -0.4 is 15.4 Å². The minimum Gasteiger partial charge on any atom is -0.492 e. The summed E-state index contributed by atoms with van der Waals surface area (Å²) in [4.78, 5) is 4.57. The van der Waals surface area contributed by atoms with Gasteiger partial charge in [-0.25, -0.2) is 4.99 Å². The molecule has 1 aliphatic carbocycles. The van der Waals surface area contributed by atoms with Crippen molar-refractivity contribution in [2.75, 3.05) is 19.7 Å². The van der Waals surface area contributed by atoms with Crippen LogP contribution in [0.2, 0.25) is 0 Å². The van der Waals surface area contributed by atoms with Crippen molar-refractivity contribution in [2.45, 2.75) is 51.7 Å². The molecule has 5 heteroatoms. The number of rotatable bonds is 6. The molecule has 0 aliphatic heterocycles. The number of hydrogen-bond acceptors (Lipinski definition) is 3. The van der Waals surface area contributed by atoms with E-state index in [0.29, 0.717) is 19.2 Å².